The molecule has 1 aliphatic heterocycles. The summed E-state index contributed by atoms with van der Waals surface area (Å²) in [5, 5.41) is 0. The Morgan fingerprint density at radius 2 is 2.00 bits per heavy atom. The van der Waals surface area contributed by atoms with Gasteiger partial charge in [-0.25, -0.2) is 0 Å². The maximum Gasteiger partial charge on any atom is 0.157 e. The summed E-state index contributed by atoms with van der Waals surface area (Å²) >= 11 is 0. The molecule has 3 aliphatic rings. The predicted molar refractivity (Wildman–Crippen MR) is 58.4 cm³/mol. The van der Waals surface area contributed by atoms with Gasteiger partial charge in [-0.3, -0.25) is 0 Å². The van der Waals surface area contributed by atoms with Crippen LogP contribution < -0.4 is 0 Å². The molecule has 2 heteroatoms. The van der Waals surface area contributed by atoms with Gasteiger partial charge in [0.15, 0.2) is 6.29 Å². The number of rotatable bonds is 1. The molecule has 2 saturated carbocycles. The first-order valence-corrected chi connectivity index (χ1v) is 6.19. The first-order chi connectivity index (χ1) is 7.00. The van der Waals surface area contributed by atoms with Crippen LogP contribution in [0.1, 0.15) is 40.0 Å². The molecular weight excluding hydrogens is 188 g/mol. The fourth-order valence-electron chi connectivity index (χ4n) is 4.64. The summed E-state index contributed by atoms with van der Waals surface area (Å²) < 4.78 is 11.4. The lowest BCUT2D eigenvalue weighted by molar-refractivity contribution is -0.150. The van der Waals surface area contributed by atoms with Crippen LogP contribution in [-0.2, 0) is 9.47 Å². The third kappa shape index (κ3) is 0.980. The molecule has 15 heavy (non-hydrogen) atoms. The zero-order valence-corrected chi connectivity index (χ0v) is 10.2. The van der Waals surface area contributed by atoms with Crippen molar-refractivity contribution in [2.24, 2.45) is 22.7 Å². The van der Waals surface area contributed by atoms with Crippen LogP contribution in [-0.4, -0.2) is 19.5 Å². The molecule has 0 N–H and O–H groups in total. The molecule has 2 aliphatic carbocycles. The van der Waals surface area contributed by atoms with E-state index < -0.39 is 0 Å². The molecular formula is C13H22O2. The standard InChI is InChI=1S/C13H22O2/c1-12(2)9-5-6-13(12,3)11-8(9)7-10(14-4)15-11/h8-11H,5-7H2,1-4H3/t8-,9+,10-,11-,13-/m0/s1. The van der Waals surface area contributed by atoms with Crippen molar-refractivity contribution >= 4 is 0 Å². The molecule has 0 amide bonds. The van der Waals surface area contributed by atoms with Crippen LogP contribution in [0, 0.1) is 22.7 Å². The quantitative estimate of drug-likeness (QED) is 0.662. The summed E-state index contributed by atoms with van der Waals surface area (Å²) in [6.45, 7) is 7.30. The van der Waals surface area contributed by atoms with E-state index in [1.807, 2.05) is 0 Å². The van der Waals surface area contributed by atoms with Gasteiger partial charge in [0.05, 0.1) is 6.10 Å². The Morgan fingerprint density at radius 1 is 1.27 bits per heavy atom. The summed E-state index contributed by atoms with van der Waals surface area (Å²) in [4.78, 5) is 0. The maximum atomic E-state index is 6.08. The average Bonchev–Trinajstić information content (AvgIpc) is 2.74. The highest BCUT2D eigenvalue weighted by atomic mass is 16.7. The Labute approximate surface area is 92.3 Å². The Kier molecular flexibility index (Phi) is 1.87. The third-order valence-electron chi connectivity index (χ3n) is 5.93. The normalized spacial score (nSPS) is 56.0. The first kappa shape index (κ1) is 10.1. The van der Waals surface area contributed by atoms with E-state index in [9.17, 15) is 0 Å². The number of methoxy groups -OCH3 is 1. The zero-order chi connectivity index (χ0) is 10.8. The molecule has 3 rings (SSSR count). The average molecular weight is 210 g/mol. The molecule has 2 bridgehead atoms. The van der Waals surface area contributed by atoms with Crippen molar-refractivity contribution in [1.29, 1.82) is 0 Å². The molecule has 0 aromatic rings. The highest BCUT2D eigenvalue weighted by Crippen LogP contribution is 2.70. The van der Waals surface area contributed by atoms with Gasteiger partial charge in [-0.1, -0.05) is 20.8 Å². The molecule has 0 unspecified atom stereocenters. The van der Waals surface area contributed by atoms with Crippen molar-refractivity contribution in [3.8, 4) is 0 Å². The van der Waals surface area contributed by atoms with Gasteiger partial charge in [0.2, 0.25) is 0 Å². The van der Waals surface area contributed by atoms with Gasteiger partial charge in [0.1, 0.15) is 0 Å². The van der Waals surface area contributed by atoms with E-state index in [0.717, 1.165) is 18.3 Å². The van der Waals surface area contributed by atoms with Crippen LogP contribution in [0.15, 0.2) is 0 Å². The number of hydrogen-bond acceptors (Lipinski definition) is 2. The van der Waals surface area contributed by atoms with Crippen molar-refractivity contribution in [3.05, 3.63) is 0 Å². The third-order valence-corrected chi connectivity index (χ3v) is 5.93. The van der Waals surface area contributed by atoms with Gasteiger partial charge in [-0.2, -0.15) is 0 Å². The number of hydrogen-bond donors (Lipinski definition) is 0. The largest absolute Gasteiger partial charge is 0.356 e. The highest BCUT2D eigenvalue weighted by molar-refractivity contribution is 5.16. The van der Waals surface area contributed by atoms with E-state index >= 15 is 0 Å². The van der Waals surface area contributed by atoms with Crippen LogP contribution in [0.25, 0.3) is 0 Å². The van der Waals surface area contributed by atoms with Gasteiger partial charge in [-0.05, 0) is 35.5 Å². The Hall–Kier alpha value is -0.0800. The van der Waals surface area contributed by atoms with Gasteiger partial charge >= 0.3 is 0 Å². The fourth-order valence-corrected chi connectivity index (χ4v) is 4.64. The van der Waals surface area contributed by atoms with E-state index in [-0.39, 0.29) is 6.29 Å². The van der Waals surface area contributed by atoms with Crippen molar-refractivity contribution in [2.75, 3.05) is 7.11 Å². The van der Waals surface area contributed by atoms with Crippen LogP contribution in [0.5, 0.6) is 0 Å². The Balaban J connectivity index is 1.94. The van der Waals surface area contributed by atoms with Crippen LogP contribution >= 0.6 is 0 Å². The van der Waals surface area contributed by atoms with Crippen LogP contribution in [0.2, 0.25) is 0 Å². The van der Waals surface area contributed by atoms with Gasteiger partial charge < -0.3 is 9.47 Å². The molecule has 3 fully saturated rings. The van der Waals surface area contributed by atoms with Crippen LogP contribution in [0.3, 0.4) is 0 Å². The van der Waals surface area contributed by atoms with E-state index in [2.05, 4.69) is 20.8 Å². The zero-order valence-electron chi connectivity index (χ0n) is 10.2. The molecule has 0 radical (unpaired) electrons. The molecule has 86 valence electrons. The highest BCUT2D eigenvalue weighted by Gasteiger charge is 2.68. The summed E-state index contributed by atoms with van der Waals surface area (Å²) in [6, 6.07) is 0. The Morgan fingerprint density at radius 3 is 2.60 bits per heavy atom. The smallest absolute Gasteiger partial charge is 0.157 e. The fraction of sp³-hybridized carbons (Fsp3) is 1.00. The maximum absolute atomic E-state index is 6.08. The lowest BCUT2D eigenvalue weighted by Gasteiger charge is -2.38. The van der Waals surface area contributed by atoms with Gasteiger partial charge in [0.25, 0.3) is 0 Å². The predicted octanol–water partition coefficient (Wildman–Crippen LogP) is 2.82. The second-order valence-corrected chi connectivity index (χ2v) is 6.41. The summed E-state index contributed by atoms with van der Waals surface area (Å²) in [5.41, 5.74) is 0.844. The molecule has 1 saturated heterocycles. The number of fused-ring (bicyclic) bond motifs is 5. The molecule has 5 atom stereocenters. The monoisotopic (exact) mass is 210 g/mol. The van der Waals surface area contributed by atoms with E-state index in [0.29, 0.717) is 16.9 Å². The van der Waals surface area contributed by atoms with E-state index in [1.54, 1.807) is 7.11 Å². The molecule has 0 spiro atoms. The van der Waals surface area contributed by atoms with E-state index in [1.165, 1.54) is 12.8 Å². The van der Waals surface area contributed by atoms with E-state index in [4.69, 9.17) is 9.47 Å². The second kappa shape index (κ2) is 2.78. The molecule has 2 nitrogen and oxygen atoms in total. The second-order valence-electron chi connectivity index (χ2n) is 6.41. The van der Waals surface area contributed by atoms with Crippen molar-refractivity contribution < 1.29 is 9.47 Å². The summed E-state index contributed by atoms with van der Waals surface area (Å²) in [6.07, 6.45) is 4.37. The lowest BCUT2D eigenvalue weighted by Crippen LogP contribution is -2.37. The van der Waals surface area contributed by atoms with Crippen LogP contribution in [0.4, 0.5) is 0 Å². The van der Waals surface area contributed by atoms with Gasteiger partial charge in [-0.15, -0.1) is 0 Å². The lowest BCUT2D eigenvalue weighted by atomic mass is 9.70. The summed E-state index contributed by atoms with van der Waals surface area (Å²) in [5.74, 6) is 1.61. The first-order valence-electron chi connectivity index (χ1n) is 6.19. The molecule has 0 aromatic heterocycles. The Bertz CT molecular complexity index is 286. The minimum atomic E-state index is 0.0658. The molecule has 1 heterocycles. The van der Waals surface area contributed by atoms with Crippen molar-refractivity contribution in [2.45, 2.75) is 52.4 Å². The van der Waals surface area contributed by atoms with Crippen molar-refractivity contribution in [3.63, 3.8) is 0 Å². The topological polar surface area (TPSA) is 18.5 Å². The minimum absolute atomic E-state index is 0.0658. The minimum Gasteiger partial charge on any atom is -0.356 e. The number of ether oxygens (including phenoxy) is 2. The molecule has 0 aromatic carbocycles. The summed E-state index contributed by atoms with van der Waals surface area (Å²) in [7, 11) is 1.76. The SMILES string of the molecule is CO[C@@H]1C[C@H]2[C@H]3CC[C@@](C)([C@H]2O1)C3(C)C. The van der Waals surface area contributed by atoms with Crippen molar-refractivity contribution in [1.82, 2.24) is 0 Å². The van der Waals surface area contributed by atoms with Gasteiger partial charge in [0, 0.05) is 13.5 Å².